The first-order valence-electron chi connectivity index (χ1n) is 13.2. The number of nitrogens with one attached hydrogen (secondary N) is 1. The van der Waals surface area contributed by atoms with E-state index in [4.69, 9.17) is 19.9 Å². The predicted octanol–water partition coefficient (Wildman–Crippen LogP) is 4.73. The molecule has 4 aromatic rings. The summed E-state index contributed by atoms with van der Waals surface area (Å²) < 4.78 is 17.6. The number of pyridine rings is 1. The zero-order valence-electron chi connectivity index (χ0n) is 22.4. The molecule has 0 radical (unpaired) electrons. The smallest absolute Gasteiger partial charge is 0.161 e. The van der Waals surface area contributed by atoms with Crippen molar-refractivity contribution in [3.8, 4) is 46.3 Å². The lowest BCUT2D eigenvalue weighted by atomic mass is 9.96. The first-order valence-corrected chi connectivity index (χ1v) is 13.2. The Hall–Kier alpha value is -4.82. The minimum atomic E-state index is 0.292. The highest BCUT2D eigenvalue weighted by Crippen LogP contribution is 2.36. The quantitative estimate of drug-likeness (QED) is 0.251. The van der Waals surface area contributed by atoms with Gasteiger partial charge < -0.3 is 25.3 Å². The molecule has 1 aliphatic heterocycles. The second-order valence-corrected chi connectivity index (χ2v) is 9.36. The normalized spacial score (nSPS) is 11.7. The molecule has 0 atom stereocenters. The van der Waals surface area contributed by atoms with Crippen molar-refractivity contribution in [3.05, 3.63) is 106 Å². The predicted molar refractivity (Wildman–Crippen MR) is 154 cm³/mol. The monoisotopic (exact) mass is 530 g/mol. The Morgan fingerprint density at radius 2 is 1.85 bits per heavy atom. The average molecular weight is 531 g/mol. The molecule has 0 unspecified atom stereocenters. The zero-order valence-corrected chi connectivity index (χ0v) is 22.4. The van der Waals surface area contributed by atoms with E-state index in [1.165, 1.54) is 6.20 Å². The third-order valence-corrected chi connectivity index (χ3v) is 6.55. The van der Waals surface area contributed by atoms with Gasteiger partial charge >= 0.3 is 0 Å². The Balaban J connectivity index is 1.40. The third-order valence-electron chi connectivity index (χ3n) is 6.55. The van der Waals surface area contributed by atoms with Crippen LogP contribution in [-0.4, -0.2) is 31.3 Å². The number of ether oxygens (including phenoxy) is 3. The van der Waals surface area contributed by atoms with E-state index in [2.05, 4.69) is 47.3 Å². The van der Waals surface area contributed by atoms with E-state index in [1.807, 2.05) is 42.5 Å². The molecule has 0 bridgehead atoms. The van der Waals surface area contributed by atoms with Crippen molar-refractivity contribution in [1.82, 2.24) is 10.3 Å². The summed E-state index contributed by atoms with van der Waals surface area (Å²) in [5.41, 5.74) is 13.0. The van der Waals surface area contributed by atoms with Crippen LogP contribution in [0.15, 0.2) is 73.1 Å². The van der Waals surface area contributed by atoms with E-state index in [1.54, 1.807) is 12.3 Å². The van der Waals surface area contributed by atoms with Gasteiger partial charge in [0.25, 0.3) is 0 Å². The summed E-state index contributed by atoms with van der Waals surface area (Å²) in [5.74, 6) is 8.93. The maximum absolute atomic E-state index is 9.17. The lowest BCUT2D eigenvalue weighted by Crippen LogP contribution is -2.22. The molecule has 0 fully saturated rings. The van der Waals surface area contributed by atoms with Gasteiger partial charge in [0.2, 0.25) is 0 Å². The fourth-order valence-corrected chi connectivity index (χ4v) is 4.46. The standard InChI is InChI=1S/C33H30N4O3/c1-23-27(3-2-4-30(23)28-9-10-31-33(17-28)39-14-13-38-31)7-5-24-6-8-29(21-36-12-11-34)32(16-24)40-22-26-15-25(18-35)19-37-20-26/h2-4,6,8-10,15-17,19-20,36H,11-14,21-22,34H2,1H3. The number of fused-ring (bicyclic) bond motifs is 1. The Morgan fingerprint density at radius 1 is 0.975 bits per heavy atom. The number of hydrogen-bond donors (Lipinski definition) is 2. The molecule has 1 aromatic heterocycles. The minimum absolute atomic E-state index is 0.292. The molecule has 3 aromatic carbocycles. The van der Waals surface area contributed by atoms with Gasteiger partial charge in [-0.15, -0.1) is 0 Å². The van der Waals surface area contributed by atoms with Crippen LogP contribution in [0.25, 0.3) is 11.1 Å². The summed E-state index contributed by atoms with van der Waals surface area (Å²) in [6, 6.07) is 22.0. The summed E-state index contributed by atoms with van der Waals surface area (Å²) in [7, 11) is 0. The van der Waals surface area contributed by atoms with Crippen LogP contribution in [0.4, 0.5) is 0 Å². The average Bonchev–Trinajstić information content (AvgIpc) is 3.00. The summed E-state index contributed by atoms with van der Waals surface area (Å²) in [4.78, 5) is 4.13. The molecular formula is C33H30N4O3. The van der Waals surface area contributed by atoms with E-state index in [0.29, 0.717) is 45.0 Å². The summed E-state index contributed by atoms with van der Waals surface area (Å²) in [6.07, 6.45) is 3.24. The number of nitrogens with zero attached hydrogens (tertiary/aromatic N) is 2. The van der Waals surface area contributed by atoms with E-state index < -0.39 is 0 Å². The Morgan fingerprint density at radius 3 is 2.70 bits per heavy atom. The highest BCUT2D eigenvalue weighted by Gasteiger charge is 2.14. The van der Waals surface area contributed by atoms with E-state index in [9.17, 15) is 5.26 Å². The van der Waals surface area contributed by atoms with Crippen molar-refractivity contribution < 1.29 is 14.2 Å². The molecule has 5 rings (SSSR count). The van der Waals surface area contributed by atoms with Crippen LogP contribution < -0.4 is 25.3 Å². The summed E-state index contributed by atoms with van der Waals surface area (Å²) in [5, 5.41) is 12.5. The van der Waals surface area contributed by atoms with Gasteiger partial charge in [0.1, 0.15) is 31.6 Å². The summed E-state index contributed by atoms with van der Waals surface area (Å²) in [6.45, 7) is 5.37. The zero-order chi connectivity index (χ0) is 27.7. The third kappa shape index (κ3) is 6.42. The highest BCUT2D eigenvalue weighted by atomic mass is 16.6. The van der Waals surface area contributed by atoms with Crippen LogP contribution in [0.3, 0.4) is 0 Å². The Kier molecular flexibility index (Phi) is 8.58. The van der Waals surface area contributed by atoms with Crippen LogP contribution in [0.2, 0.25) is 0 Å². The first-order chi connectivity index (χ1) is 19.6. The van der Waals surface area contributed by atoms with Gasteiger partial charge in [-0.1, -0.05) is 36.1 Å². The largest absolute Gasteiger partial charge is 0.488 e. The second kappa shape index (κ2) is 12.8. The number of hydrogen-bond acceptors (Lipinski definition) is 7. The molecule has 3 N–H and O–H groups in total. The molecule has 0 spiro atoms. The fourth-order valence-electron chi connectivity index (χ4n) is 4.46. The van der Waals surface area contributed by atoms with Crippen LogP contribution in [0, 0.1) is 30.1 Å². The lowest BCUT2D eigenvalue weighted by molar-refractivity contribution is 0.171. The van der Waals surface area contributed by atoms with Crippen LogP contribution in [-0.2, 0) is 13.2 Å². The topological polar surface area (TPSA) is 102 Å². The molecule has 1 aliphatic rings. The number of nitriles is 1. The van der Waals surface area contributed by atoms with Crippen molar-refractivity contribution in [2.75, 3.05) is 26.3 Å². The van der Waals surface area contributed by atoms with Crippen molar-refractivity contribution in [1.29, 1.82) is 5.26 Å². The van der Waals surface area contributed by atoms with Crippen LogP contribution >= 0.6 is 0 Å². The van der Waals surface area contributed by atoms with Gasteiger partial charge in [-0.2, -0.15) is 5.26 Å². The van der Waals surface area contributed by atoms with Gasteiger partial charge in [0.05, 0.1) is 5.56 Å². The van der Waals surface area contributed by atoms with Gasteiger partial charge in [-0.25, -0.2) is 0 Å². The highest BCUT2D eigenvalue weighted by molar-refractivity contribution is 5.73. The second-order valence-electron chi connectivity index (χ2n) is 9.36. The van der Waals surface area contributed by atoms with E-state index in [-0.39, 0.29) is 0 Å². The maximum atomic E-state index is 9.17. The van der Waals surface area contributed by atoms with Crippen molar-refractivity contribution in [3.63, 3.8) is 0 Å². The molecule has 2 heterocycles. The minimum Gasteiger partial charge on any atom is -0.488 e. The number of benzene rings is 3. The molecular weight excluding hydrogens is 500 g/mol. The number of aromatic nitrogens is 1. The van der Waals surface area contributed by atoms with Crippen molar-refractivity contribution >= 4 is 0 Å². The van der Waals surface area contributed by atoms with Gasteiger partial charge in [-0.05, 0) is 60.0 Å². The molecule has 7 nitrogen and oxygen atoms in total. The molecule has 0 aliphatic carbocycles. The van der Waals surface area contributed by atoms with Gasteiger partial charge in [-0.3, -0.25) is 4.98 Å². The summed E-state index contributed by atoms with van der Waals surface area (Å²) >= 11 is 0. The lowest BCUT2D eigenvalue weighted by Gasteiger charge is -2.19. The number of rotatable bonds is 8. The van der Waals surface area contributed by atoms with E-state index >= 15 is 0 Å². The van der Waals surface area contributed by atoms with Gasteiger partial charge in [0.15, 0.2) is 11.5 Å². The van der Waals surface area contributed by atoms with Crippen molar-refractivity contribution in [2.45, 2.75) is 20.1 Å². The van der Waals surface area contributed by atoms with Crippen LogP contribution in [0.5, 0.6) is 17.2 Å². The molecule has 40 heavy (non-hydrogen) atoms. The van der Waals surface area contributed by atoms with Crippen molar-refractivity contribution in [2.24, 2.45) is 5.73 Å². The molecule has 0 amide bonds. The maximum Gasteiger partial charge on any atom is 0.161 e. The fraction of sp³-hybridized carbons (Fsp3) is 0.212. The Labute approximate surface area is 234 Å². The van der Waals surface area contributed by atoms with E-state index in [0.717, 1.165) is 56.2 Å². The first kappa shape index (κ1) is 26.8. The molecule has 7 heteroatoms. The SMILES string of the molecule is Cc1c(C#Cc2ccc(CNCCN)c(OCc3cncc(C#N)c3)c2)cccc1-c1ccc2c(c1)OCCO2. The van der Waals surface area contributed by atoms with Crippen LogP contribution in [0.1, 0.15) is 33.4 Å². The molecule has 0 saturated carbocycles. The molecule has 0 saturated heterocycles. The van der Waals surface area contributed by atoms with Gasteiger partial charge in [0, 0.05) is 54.3 Å². The molecule has 200 valence electrons. The number of nitrogens with two attached hydrogens (primary N) is 1. The Bertz CT molecular complexity index is 1610.